The molecule has 1 aliphatic rings. The summed E-state index contributed by atoms with van der Waals surface area (Å²) in [7, 11) is 2.82. The van der Waals surface area contributed by atoms with Crippen LogP contribution in [0.3, 0.4) is 0 Å². The van der Waals surface area contributed by atoms with Crippen molar-refractivity contribution in [1.82, 2.24) is 10.3 Å². The van der Waals surface area contributed by atoms with Gasteiger partial charge in [0.1, 0.15) is 5.54 Å². The summed E-state index contributed by atoms with van der Waals surface area (Å²) in [6.45, 7) is 2.88. The molecule has 0 aromatic heterocycles. The molecule has 1 aliphatic heterocycles. The van der Waals surface area contributed by atoms with E-state index in [4.69, 9.17) is 14.2 Å². The Hall–Kier alpha value is -3.88. The molecule has 0 bridgehead atoms. The minimum absolute atomic E-state index is 0.122. The minimum Gasteiger partial charge on any atom is -0.493 e. The molecular weight excluding hydrogens is 390 g/mol. The second-order valence-electron chi connectivity index (χ2n) is 6.63. The maximum Gasteiger partial charge on any atom is 0.346 e. The van der Waals surface area contributed by atoms with Crippen LogP contribution in [0.15, 0.2) is 47.6 Å². The van der Waals surface area contributed by atoms with Gasteiger partial charge in [0.15, 0.2) is 11.5 Å². The number of benzene rings is 2. The van der Waals surface area contributed by atoms with Crippen LogP contribution < -0.4 is 19.5 Å². The van der Waals surface area contributed by atoms with Gasteiger partial charge >= 0.3 is 12.0 Å². The summed E-state index contributed by atoms with van der Waals surface area (Å²) in [5, 5.41) is 7.49. The van der Waals surface area contributed by atoms with E-state index in [9.17, 15) is 14.4 Å². The fourth-order valence-corrected chi connectivity index (χ4v) is 3.04. The molecule has 1 heterocycles. The minimum atomic E-state index is -1.22. The van der Waals surface area contributed by atoms with Crippen LogP contribution in [0.5, 0.6) is 17.2 Å². The van der Waals surface area contributed by atoms with Crippen molar-refractivity contribution in [3.63, 3.8) is 0 Å². The molecule has 2 aromatic rings. The molecule has 0 saturated carbocycles. The van der Waals surface area contributed by atoms with Gasteiger partial charge in [-0.25, -0.2) is 4.79 Å². The van der Waals surface area contributed by atoms with Gasteiger partial charge in [0.25, 0.3) is 5.91 Å². The molecule has 1 atom stereocenters. The highest BCUT2D eigenvalue weighted by atomic mass is 16.6. The Labute approximate surface area is 173 Å². The number of nitrogens with one attached hydrogen (secondary N) is 1. The van der Waals surface area contributed by atoms with E-state index >= 15 is 0 Å². The summed E-state index contributed by atoms with van der Waals surface area (Å²) in [5.41, 5.74) is -0.104. The Balaban J connectivity index is 1.91. The molecule has 1 fully saturated rings. The van der Waals surface area contributed by atoms with Gasteiger partial charge in [-0.05, 0) is 24.6 Å². The molecule has 1 saturated heterocycles. The number of carbonyl (C=O) groups is 3. The number of ether oxygens (including phenoxy) is 3. The van der Waals surface area contributed by atoms with Crippen molar-refractivity contribution in [2.45, 2.75) is 19.4 Å². The number of esters is 1. The summed E-state index contributed by atoms with van der Waals surface area (Å²) in [6, 6.07) is 11.4. The van der Waals surface area contributed by atoms with Crippen molar-refractivity contribution in [2.24, 2.45) is 5.10 Å². The molecule has 0 spiro atoms. The lowest BCUT2D eigenvalue weighted by Crippen LogP contribution is -2.40. The zero-order valence-corrected chi connectivity index (χ0v) is 17.0. The fraction of sp³-hybridized carbons (Fsp3) is 0.238. The van der Waals surface area contributed by atoms with Gasteiger partial charge in [-0.2, -0.15) is 5.10 Å². The van der Waals surface area contributed by atoms with Crippen molar-refractivity contribution < 1.29 is 28.6 Å². The number of hydrazone groups is 1. The number of methoxy groups -OCH3 is 2. The Morgan fingerprint density at radius 2 is 1.70 bits per heavy atom. The van der Waals surface area contributed by atoms with Gasteiger partial charge in [0.05, 0.1) is 20.4 Å². The molecule has 3 rings (SSSR count). The average molecular weight is 411 g/mol. The SMILES string of the molecule is COc1cc(/C=N\N2C(=O)N[C@](C)(c3ccccc3)C2=O)cc(OC)c1OC(C)=O. The highest BCUT2D eigenvalue weighted by molar-refractivity contribution is 6.07. The van der Waals surface area contributed by atoms with E-state index in [1.807, 2.05) is 6.07 Å². The predicted octanol–water partition coefficient (Wildman–Crippen LogP) is 2.43. The molecule has 2 aromatic carbocycles. The number of amides is 3. The number of urea groups is 1. The second kappa shape index (κ2) is 8.24. The van der Waals surface area contributed by atoms with Crippen LogP contribution in [0, 0.1) is 0 Å². The van der Waals surface area contributed by atoms with Crippen molar-refractivity contribution in [1.29, 1.82) is 0 Å². The van der Waals surface area contributed by atoms with Gasteiger partial charge in [-0.15, -0.1) is 5.01 Å². The first kappa shape index (κ1) is 20.8. The van der Waals surface area contributed by atoms with Crippen molar-refractivity contribution in [2.75, 3.05) is 14.2 Å². The molecule has 30 heavy (non-hydrogen) atoms. The van der Waals surface area contributed by atoms with Crippen LogP contribution in [0.1, 0.15) is 25.0 Å². The van der Waals surface area contributed by atoms with Gasteiger partial charge in [-0.1, -0.05) is 30.3 Å². The largest absolute Gasteiger partial charge is 0.493 e. The van der Waals surface area contributed by atoms with E-state index in [1.54, 1.807) is 43.3 Å². The maximum atomic E-state index is 12.9. The third-order valence-corrected chi connectivity index (χ3v) is 4.57. The Morgan fingerprint density at radius 3 is 2.23 bits per heavy atom. The molecule has 1 N–H and O–H groups in total. The van der Waals surface area contributed by atoms with Crippen molar-refractivity contribution in [3.05, 3.63) is 53.6 Å². The van der Waals surface area contributed by atoms with Crippen molar-refractivity contribution in [3.8, 4) is 17.2 Å². The van der Waals surface area contributed by atoms with Crippen LogP contribution in [-0.2, 0) is 15.1 Å². The maximum absolute atomic E-state index is 12.9. The summed E-state index contributed by atoms with van der Waals surface area (Å²) in [6.07, 6.45) is 1.32. The number of imide groups is 1. The summed E-state index contributed by atoms with van der Waals surface area (Å²) in [4.78, 5) is 36.6. The first-order valence-corrected chi connectivity index (χ1v) is 9.00. The van der Waals surface area contributed by atoms with E-state index in [1.165, 1.54) is 27.4 Å². The molecular formula is C21H21N3O6. The number of carbonyl (C=O) groups excluding carboxylic acids is 3. The van der Waals surface area contributed by atoms with Crippen LogP contribution in [0.25, 0.3) is 0 Å². The third-order valence-electron chi connectivity index (χ3n) is 4.57. The smallest absolute Gasteiger partial charge is 0.346 e. The summed E-state index contributed by atoms with van der Waals surface area (Å²) < 4.78 is 15.7. The van der Waals surface area contributed by atoms with Gasteiger partial charge in [0.2, 0.25) is 5.75 Å². The highest BCUT2D eigenvalue weighted by Gasteiger charge is 2.49. The van der Waals surface area contributed by atoms with Crippen LogP contribution >= 0.6 is 0 Å². The van der Waals surface area contributed by atoms with E-state index in [0.717, 1.165) is 5.01 Å². The van der Waals surface area contributed by atoms with E-state index < -0.39 is 23.4 Å². The zero-order valence-electron chi connectivity index (χ0n) is 17.0. The number of nitrogens with zero attached hydrogens (tertiary/aromatic N) is 2. The number of rotatable bonds is 6. The lowest BCUT2D eigenvalue weighted by atomic mass is 9.92. The van der Waals surface area contributed by atoms with Crippen LogP contribution in [0.4, 0.5) is 4.79 Å². The Morgan fingerprint density at radius 1 is 1.10 bits per heavy atom. The van der Waals surface area contributed by atoms with Crippen LogP contribution in [-0.4, -0.2) is 43.4 Å². The molecule has 3 amide bonds. The van der Waals surface area contributed by atoms with E-state index in [-0.39, 0.29) is 17.2 Å². The summed E-state index contributed by atoms with van der Waals surface area (Å²) in [5.74, 6) is -0.455. The number of hydrogen-bond acceptors (Lipinski definition) is 7. The Kier molecular flexibility index (Phi) is 5.72. The predicted molar refractivity (Wildman–Crippen MR) is 108 cm³/mol. The van der Waals surface area contributed by atoms with Gasteiger partial charge in [-0.3, -0.25) is 9.59 Å². The molecule has 0 unspecified atom stereocenters. The lowest BCUT2D eigenvalue weighted by Gasteiger charge is -2.20. The second-order valence-corrected chi connectivity index (χ2v) is 6.63. The van der Waals surface area contributed by atoms with Gasteiger partial charge < -0.3 is 19.5 Å². The quantitative estimate of drug-likeness (QED) is 0.339. The monoisotopic (exact) mass is 411 g/mol. The molecule has 0 aliphatic carbocycles. The van der Waals surface area contributed by atoms with Crippen LogP contribution in [0.2, 0.25) is 0 Å². The lowest BCUT2D eigenvalue weighted by molar-refractivity contribution is -0.132. The first-order chi connectivity index (χ1) is 14.3. The van der Waals surface area contributed by atoms with E-state index in [0.29, 0.717) is 11.1 Å². The molecule has 9 heteroatoms. The number of hydrogen-bond donors (Lipinski definition) is 1. The standard InChI is InChI=1S/C21H21N3O6/c1-13(25)30-18-16(28-3)10-14(11-17(18)29-4)12-22-24-19(26)21(2,23-20(24)27)15-8-6-5-7-9-15/h5-12H,1-4H3,(H,23,27)/b22-12-/t21-/m1/s1. The normalized spacial score (nSPS) is 18.5. The van der Waals surface area contributed by atoms with Crippen molar-refractivity contribution >= 4 is 24.1 Å². The fourth-order valence-electron chi connectivity index (χ4n) is 3.04. The summed E-state index contributed by atoms with van der Waals surface area (Å²) >= 11 is 0. The average Bonchev–Trinajstić information content (AvgIpc) is 2.96. The molecule has 156 valence electrons. The molecule has 9 nitrogen and oxygen atoms in total. The highest BCUT2D eigenvalue weighted by Crippen LogP contribution is 2.38. The zero-order chi connectivity index (χ0) is 21.9. The third kappa shape index (κ3) is 3.82. The first-order valence-electron chi connectivity index (χ1n) is 9.00. The Bertz CT molecular complexity index is 996. The topological polar surface area (TPSA) is 107 Å². The molecule has 0 radical (unpaired) electrons. The van der Waals surface area contributed by atoms with Gasteiger partial charge in [0, 0.05) is 12.5 Å². The van der Waals surface area contributed by atoms with E-state index in [2.05, 4.69) is 10.4 Å².